The third-order valence-electron chi connectivity index (χ3n) is 4.62. The van der Waals surface area contributed by atoms with Crippen molar-refractivity contribution in [3.05, 3.63) is 53.1 Å². The molecular formula is C20H22ClN3O3. The van der Waals surface area contributed by atoms with Crippen molar-refractivity contribution < 1.29 is 14.3 Å². The van der Waals surface area contributed by atoms with Crippen LogP contribution >= 0.6 is 11.6 Å². The number of carbonyl (C=O) groups excluding carboxylic acids is 2. The van der Waals surface area contributed by atoms with Crippen molar-refractivity contribution in [3.8, 4) is 5.75 Å². The predicted octanol–water partition coefficient (Wildman–Crippen LogP) is 2.94. The van der Waals surface area contributed by atoms with Crippen LogP contribution in [-0.4, -0.2) is 50.0 Å². The zero-order valence-electron chi connectivity index (χ0n) is 15.4. The van der Waals surface area contributed by atoms with Crippen LogP contribution in [0.15, 0.2) is 42.5 Å². The molecule has 0 spiro atoms. The first-order valence-electron chi connectivity index (χ1n) is 8.74. The van der Waals surface area contributed by atoms with E-state index in [1.165, 1.54) is 0 Å². The van der Waals surface area contributed by atoms with Gasteiger partial charge < -0.3 is 19.9 Å². The standard InChI is InChI=1S/C20H22ClN3O3/c1-14-7-8-15(13-16(14)21)22-19(25)20(26)24-11-9-23(10-12-24)17-5-3-4-6-18(17)27-2/h3-8,13H,9-12H2,1-2H3,(H,22,25). The van der Waals surface area contributed by atoms with Crippen molar-refractivity contribution in [3.63, 3.8) is 0 Å². The molecule has 1 fully saturated rings. The van der Waals surface area contributed by atoms with Crippen molar-refractivity contribution >= 4 is 34.8 Å². The molecule has 0 bridgehead atoms. The maximum absolute atomic E-state index is 12.5. The van der Waals surface area contributed by atoms with Crippen molar-refractivity contribution in [2.45, 2.75) is 6.92 Å². The lowest BCUT2D eigenvalue weighted by molar-refractivity contribution is -0.143. The highest BCUT2D eigenvalue weighted by molar-refractivity contribution is 6.39. The Morgan fingerprint density at radius 3 is 2.44 bits per heavy atom. The molecule has 0 radical (unpaired) electrons. The molecule has 1 heterocycles. The van der Waals surface area contributed by atoms with E-state index in [1.54, 1.807) is 30.2 Å². The van der Waals surface area contributed by atoms with Crippen LogP contribution in [0.1, 0.15) is 5.56 Å². The van der Waals surface area contributed by atoms with Gasteiger partial charge in [0.05, 0.1) is 12.8 Å². The summed E-state index contributed by atoms with van der Waals surface area (Å²) >= 11 is 6.06. The first kappa shape index (κ1) is 19.0. The van der Waals surface area contributed by atoms with Gasteiger partial charge in [-0.15, -0.1) is 0 Å². The fourth-order valence-electron chi connectivity index (χ4n) is 3.04. The second-order valence-corrected chi connectivity index (χ2v) is 6.78. The lowest BCUT2D eigenvalue weighted by Crippen LogP contribution is -2.51. The number of piperazine rings is 1. The second-order valence-electron chi connectivity index (χ2n) is 6.37. The van der Waals surface area contributed by atoms with Gasteiger partial charge in [0.15, 0.2) is 0 Å². The number of methoxy groups -OCH3 is 1. The molecule has 1 aliphatic heterocycles. The predicted molar refractivity (Wildman–Crippen MR) is 107 cm³/mol. The van der Waals surface area contributed by atoms with E-state index in [0.717, 1.165) is 17.0 Å². The summed E-state index contributed by atoms with van der Waals surface area (Å²) in [4.78, 5) is 28.5. The summed E-state index contributed by atoms with van der Waals surface area (Å²) in [6.45, 7) is 4.09. The number of benzene rings is 2. The number of hydrogen-bond acceptors (Lipinski definition) is 4. The van der Waals surface area contributed by atoms with E-state index in [9.17, 15) is 9.59 Å². The minimum Gasteiger partial charge on any atom is -0.495 e. The maximum Gasteiger partial charge on any atom is 0.313 e. The topological polar surface area (TPSA) is 61.9 Å². The molecule has 0 unspecified atom stereocenters. The molecule has 142 valence electrons. The normalized spacial score (nSPS) is 14.0. The van der Waals surface area contributed by atoms with Crippen molar-refractivity contribution in [2.75, 3.05) is 43.5 Å². The Balaban J connectivity index is 1.59. The van der Waals surface area contributed by atoms with E-state index in [2.05, 4.69) is 10.2 Å². The van der Waals surface area contributed by atoms with E-state index in [1.807, 2.05) is 31.2 Å². The number of hydrogen-bond donors (Lipinski definition) is 1. The van der Waals surface area contributed by atoms with E-state index in [0.29, 0.717) is 36.9 Å². The van der Waals surface area contributed by atoms with E-state index in [-0.39, 0.29) is 0 Å². The summed E-state index contributed by atoms with van der Waals surface area (Å²) in [7, 11) is 1.64. The van der Waals surface area contributed by atoms with Crippen LogP contribution in [0.25, 0.3) is 0 Å². The largest absolute Gasteiger partial charge is 0.495 e. The van der Waals surface area contributed by atoms with Gasteiger partial charge in [-0.2, -0.15) is 0 Å². The fourth-order valence-corrected chi connectivity index (χ4v) is 3.22. The van der Waals surface area contributed by atoms with Crippen LogP contribution in [0.3, 0.4) is 0 Å². The molecule has 1 saturated heterocycles. The monoisotopic (exact) mass is 387 g/mol. The number of nitrogens with zero attached hydrogens (tertiary/aromatic N) is 2. The van der Waals surface area contributed by atoms with Gasteiger partial charge in [0.25, 0.3) is 0 Å². The fraction of sp³-hybridized carbons (Fsp3) is 0.300. The first-order valence-corrected chi connectivity index (χ1v) is 9.12. The number of aryl methyl sites for hydroxylation is 1. The molecule has 0 aliphatic carbocycles. The molecule has 3 rings (SSSR count). The Morgan fingerprint density at radius 2 is 1.78 bits per heavy atom. The molecule has 6 nitrogen and oxygen atoms in total. The highest BCUT2D eigenvalue weighted by atomic mass is 35.5. The lowest BCUT2D eigenvalue weighted by atomic mass is 10.2. The van der Waals surface area contributed by atoms with Crippen LogP contribution in [0, 0.1) is 6.92 Å². The van der Waals surface area contributed by atoms with Gasteiger partial charge in [-0.3, -0.25) is 9.59 Å². The minimum atomic E-state index is -0.652. The van der Waals surface area contributed by atoms with Crippen LogP contribution in [0.2, 0.25) is 5.02 Å². The molecule has 0 atom stereocenters. The quantitative estimate of drug-likeness (QED) is 0.822. The van der Waals surface area contributed by atoms with Crippen LogP contribution in [-0.2, 0) is 9.59 Å². The molecular weight excluding hydrogens is 366 g/mol. The average molecular weight is 388 g/mol. The highest BCUT2D eigenvalue weighted by Crippen LogP contribution is 2.28. The van der Waals surface area contributed by atoms with Crippen LogP contribution in [0.5, 0.6) is 5.75 Å². The molecule has 2 aromatic carbocycles. The van der Waals surface area contributed by atoms with Crippen LogP contribution in [0.4, 0.5) is 11.4 Å². The summed E-state index contributed by atoms with van der Waals surface area (Å²) in [6.07, 6.45) is 0. The van der Waals surface area contributed by atoms with Crippen molar-refractivity contribution in [2.24, 2.45) is 0 Å². The number of halogens is 1. The Hall–Kier alpha value is -2.73. The third kappa shape index (κ3) is 4.34. The Bertz CT molecular complexity index is 848. The minimum absolute atomic E-state index is 0.471. The summed E-state index contributed by atoms with van der Waals surface area (Å²) in [5.74, 6) is -0.390. The van der Waals surface area contributed by atoms with Gasteiger partial charge in [-0.05, 0) is 36.8 Å². The summed E-state index contributed by atoms with van der Waals surface area (Å²) in [5.41, 5.74) is 2.41. The molecule has 1 N–H and O–H groups in total. The number of amides is 2. The van der Waals surface area contributed by atoms with Crippen molar-refractivity contribution in [1.29, 1.82) is 0 Å². The number of ether oxygens (including phenoxy) is 1. The van der Waals surface area contributed by atoms with Gasteiger partial charge in [0.1, 0.15) is 5.75 Å². The summed E-state index contributed by atoms with van der Waals surface area (Å²) in [5, 5.41) is 3.17. The number of rotatable bonds is 3. The molecule has 2 amide bonds. The Morgan fingerprint density at radius 1 is 1.07 bits per heavy atom. The van der Waals surface area contributed by atoms with Crippen LogP contribution < -0.4 is 15.0 Å². The number of carbonyl (C=O) groups is 2. The average Bonchev–Trinajstić information content (AvgIpc) is 2.70. The molecule has 0 saturated carbocycles. The molecule has 7 heteroatoms. The highest BCUT2D eigenvalue weighted by Gasteiger charge is 2.27. The lowest BCUT2D eigenvalue weighted by Gasteiger charge is -2.36. The van der Waals surface area contributed by atoms with Gasteiger partial charge in [-0.1, -0.05) is 29.8 Å². The van der Waals surface area contributed by atoms with Gasteiger partial charge >= 0.3 is 11.8 Å². The van der Waals surface area contributed by atoms with Gasteiger partial charge in [0, 0.05) is 36.9 Å². The first-order chi connectivity index (χ1) is 13.0. The zero-order valence-corrected chi connectivity index (χ0v) is 16.1. The SMILES string of the molecule is COc1ccccc1N1CCN(C(=O)C(=O)Nc2ccc(C)c(Cl)c2)CC1. The number of anilines is 2. The maximum atomic E-state index is 12.5. The molecule has 0 aromatic heterocycles. The van der Waals surface area contributed by atoms with Crippen molar-refractivity contribution in [1.82, 2.24) is 4.90 Å². The van der Waals surface area contributed by atoms with E-state index < -0.39 is 11.8 Å². The zero-order chi connectivity index (χ0) is 19.4. The summed E-state index contributed by atoms with van der Waals surface area (Å²) in [6, 6.07) is 12.9. The number of nitrogens with one attached hydrogen (secondary N) is 1. The molecule has 1 aliphatic rings. The smallest absolute Gasteiger partial charge is 0.313 e. The van der Waals surface area contributed by atoms with Gasteiger partial charge in [0.2, 0.25) is 0 Å². The van der Waals surface area contributed by atoms with E-state index in [4.69, 9.17) is 16.3 Å². The number of para-hydroxylation sites is 2. The second kappa shape index (κ2) is 8.31. The Kier molecular flexibility index (Phi) is 5.86. The van der Waals surface area contributed by atoms with Gasteiger partial charge in [-0.25, -0.2) is 0 Å². The molecule has 2 aromatic rings. The van der Waals surface area contributed by atoms with E-state index >= 15 is 0 Å². The third-order valence-corrected chi connectivity index (χ3v) is 5.02. The molecule has 27 heavy (non-hydrogen) atoms. The summed E-state index contributed by atoms with van der Waals surface area (Å²) < 4.78 is 5.40. The Labute approximate surface area is 163 Å².